The van der Waals surface area contributed by atoms with Crippen LogP contribution in [0.2, 0.25) is 5.02 Å². The molecular weight excluding hydrogens is 224 g/mol. The van der Waals surface area contributed by atoms with Crippen LogP contribution in [0.4, 0.5) is 5.69 Å². The number of para-hydroxylation sites is 1. The highest BCUT2D eigenvalue weighted by Crippen LogP contribution is 2.44. The average Bonchev–Trinajstić information content (AvgIpc) is 2.57. The molecule has 0 bridgehead atoms. The highest BCUT2D eigenvalue weighted by atomic mass is 35.5. The molecule has 2 N–H and O–H groups in total. The lowest BCUT2D eigenvalue weighted by atomic mass is 9.76. The van der Waals surface area contributed by atoms with E-state index < -0.39 is 5.41 Å². The number of hydrogen-bond donors (Lipinski definition) is 2. The number of nitrogens with one attached hydrogen (secondary N) is 2. The summed E-state index contributed by atoms with van der Waals surface area (Å²) < 4.78 is 0. The fourth-order valence-electron chi connectivity index (χ4n) is 2.73. The van der Waals surface area contributed by atoms with Crippen molar-refractivity contribution in [2.45, 2.75) is 18.3 Å². The van der Waals surface area contributed by atoms with Crippen molar-refractivity contribution < 1.29 is 4.79 Å². The Hall–Kier alpha value is -1.06. The first-order valence-corrected chi connectivity index (χ1v) is 5.93. The molecule has 16 heavy (non-hydrogen) atoms. The van der Waals surface area contributed by atoms with Crippen molar-refractivity contribution in [3.05, 3.63) is 28.8 Å². The standard InChI is InChI=1S/C12H13ClN2O/c13-9-4-1-3-8-10(9)15-11(16)12(8)5-2-6-14-7-12/h1,3-4,14H,2,5-7H2,(H,15,16). The second-order valence-electron chi connectivity index (χ2n) is 4.48. The Labute approximate surface area is 99.2 Å². The average molecular weight is 237 g/mol. The molecule has 4 heteroatoms. The van der Waals surface area contributed by atoms with Gasteiger partial charge in [-0.1, -0.05) is 23.7 Å². The SMILES string of the molecule is O=C1Nc2c(Cl)cccc2C12CCCNC2. The summed E-state index contributed by atoms with van der Waals surface area (Å²) in [5, 5.41) is 6.85. The van der Waals surface area contributed by atoms with Crippen molar-refractivity contribution in [2.75, 3.05) is 18.4 Å². The normalized spacial score (nSPS) is 27.9. The van der Waals surface area contributed by atoms with Crippen molar-refractivity contribution >= 4 is 23.2 Å². The predicted molar refractivity (Wildman–Crippen MR) is 63.9 cm³/mol. The summed E-state index contributed by atoms with van der Waals surface area (Å²) >= 11 is 6.10. The molecule has 1 saturated heterocycles. The topological polar surface area (TPSA) is 41.1 Å². The van der Waals surface area contributed by atoms with E-state index in [0.717, 1.165) is 30.6 Å². The zero-order valence-electron chi connectivity index (χ0n) is 8.85. The van der Waals surface area contributed by atoms with Gasteiger partial charge in [0.2, 0.25) is 5.91 Å². The van der Waals surface area contributed by atoms with Gasteiger partial charge in [-0.15, -0.1) is 0 Å². The minimum Gasteiger partial charge on any atom is -0.324 e. The Kier molecular flexibility index (Phi) is 2.19. The number of fused-ring (bicyclic) bond motifs is 2. The molecule has 2 heterocycles. The molecule has 1 aromatic carbocycles. The maximum atomic E-state index is 12.2. The number of carbonyl (C=O) groups excluding carboxylic acids is 1. The number of carbonyl (C=O) groups is 1. The van der Waals surface area contributed by atoms with Crippen LogP contribution in [0.5, 0.6) is 0 Å². The molecule has 1 amide bonds. The number of halogens is 1. The number of hydrogen-bond acceptors (Lipinski definition) is 2. The van der Waals surface area contributed by atoms with Gasteiger partial charge in [0.25, 0.3) is 0 Å². The highest BCUT2D eigenvalue weighted by molar-refractivity contribution is 6.34. The van der Waals surface area contributed by atoms with E-state index in [4.69, 9.17) is 11.6 Å². The van der Waals surface area contributed by atoms with E-state index in [1.807, 2.05) is 18.2 Å². The van der Waals surface area contributed by atoms with Gasteiger partial charge in [0.05, 0.1) is 16.1 Å². The summed E-state index contributed by atoms with van der Waals surface area (Å²) in [6.07, 6.45) is 1.93. The van der Waals surface area contributed by atoms with Gasteiger partial charge in [0.15, 0.2) is 0 Å². The maximum Gasteiger partial charge on any atom is 0.236 e. The molecule has 0 aliphatic carbocycles. The second-order valence-corrected chi connectivity index (χ2v) is 4.89. The third-order valence-electron chi connectivity index (χ3n) is 3.59. The Morgan fingerprint density at radius 2 is 2.25 bits per heavy atom. The lowest BCUT2D eigenvalue weighted by Crippen LogP contribution is -2.47. The van der Waals surface area contributed by atoms with Crippen molar-refractivity contribution in [1.29, 1.82) is 0 Å². The van der Waals surface area contributed by atoms with Crippen molar-refractivity contribution in [3.8, 4) is 0 Å². The lowest BCUT2D eigenvalue weighted by Gasteiger charge is -2.32. The van der Waals surface area contributed by atoms with Crippen LogP contribution in [-0.4, -0.2) is 19.0 Å². The molecule has 1 unspecified atom stereocenters. The zero-order valence-corrected chi connectivity index (χ0v) is 9.60. The third-order valence-corrected chi connectivity index (χ3v) is 3.90. The Bertz CT molecular complexity index is 452. The summed E-state index contributed by atoms with van der Waals surface area (Å²) in [6, 6.07) is 5.74. The predicted octanol–water partition coefficient (Wildman–Crippen LogP) is 1.91. The van der Waals surface area contributed by atoms with Gasteiger partial charge in [0.1, 0.15) is 0 Å². The molecule has 1 atom stereocenters. The molecule has 0 saturated carbocycles. The van der Waals surface area contributed by atoms with Crippen molar-refractivity contribution in [2.24, 2.45) is 0 Å². The van der Waals surface area contributed by atoms with Gasteiger partial charge in [0, 0.05) is 6.54 Å². The number of rotatable bonds is 0. The van der Waals surface area contributed by atoms with E-state index in [9.17, 15) is 4.79 Å². The smallest absolute Gasteiger partial charge is 0.236 e. The number of piperidine rings is 1. The van der Waals surface area contributed by atoms with Gasteiger partial charge in [-0.05, 0) is 31.0 Å². The quantitative estimate of drug-likeness (QED) is 0.723. The van der Waals surface area contributed by atoms with Crippen LogP contribution in [0, 0.1) is 0 Å². The van der Waals surface area contributed by atoms with Gasteiger partial charge in [-0.2, -0.15) is 0 Å². The van der Waals surface area contributed by atoms with Crippen LogP contribution < -0.4 is 10.6 Å². The van der Waals surface area contributed by atoms with Gasteiger partial charge < -0.3 is 10.6 Å². The first-order valence-electron chi connectivity index (χ1n) is 5.55. The number of amides is 1. The summed E-state index contributed by atoms with van der Waals surface area (Å²) in [7, 11) is 0. The summed E-state index contributed by atoms with van der Waals surface area (Å²) in [5.41, 5.74) is 1.47. The van der Waals surface area contributed by atoms with Crippen molar-refractivity contribution in [3.63, 3.8) is 0 Å². The van der Waals surface area contributed by atoms with Crippen LogP contribution >= 0.6 is 11.6 Å². The van der Waals surface area contributed by atoms with Crippen LogP contribution in [0.15, 0.2) is 18.2 Å². The molecule has 2 aliphatic rings. The molecule has 84 valence electrons. The highest BCUT2D eigenvalue weighted by Gasteiger charge is 2.47. The third kappa shape index (κ3) is 1.22. The maximum absolute atomic E-state index is 12.2. The van der Waals surface area contributed by atoms with Crippen LogP contribution in [-0.2, 0) is 10.2 Å². The molecule has 3 rings (SSSR count). The van der Waals surface area contributed by atoms with Crippen molar-refractivity contribution in [1.82, 2.24) is 5.32 Å². The molecule has 3 nitrogen and oxygen atoms in total. The molecule has 1 fully saturated rings. The number of anilines is 1. The minimum atomic E-state index is -0.390. The summed E-state index contributed by atoms with van der Waals surface area (Å²) in [6.45, 7) is 1.71. The molecule has 0 radical (unpaired) electrons. The van der Waals surface area contributed by atoms with E-state index >= 15 is 0 Å². The summed E-state index contributed by atoms with van der Waals surface area (Å²) in [5.74, 6) is 0.0859. The van der Waals surface area contributed by atoms with Gasteiger partial charge >= 0.3 is 0 Å². The molecule has 1 spiro atoms. The Balaban J connectivity index is 2.15. The minimum absolute atomic E-state index is 0.0859. The largest absolute Gasteiger partial charge is 0.324 e. The van der Waals surface area contributed by atoms with E-state index in [-0.39, 0.29) is 5.91 Å². The Morgan fingerprint density at radius 1 is 1.38 bits per heavy atom. The van der Waals surface area contributed by atoms with Crippen LogP contribution in [0.25, 0.3) is 0 Å². The molecule has 2 aliphatic heterocycles. The van der Waals surface area contributed by atoms with E-state index in [1.54, 1.807) is 0 Å². The second kappa shape index (κ2) is 3.47. The van der Waals surface area contributed by atoms with Crippen LogP contribution in [0.3, 0.4) is 0 Å². The van der Waals surface area contributed by atoms with Gasteiger partial charge in [-0.25, -0.2) is 0 Å². The van der Waals surface area contributed by atoms with E-state index in [2.05, 4.69) is 10.6 Å². The first kappa shape index (κ1) is 10.1. The van der Waals surface area contributed by atoms with E-state index in [0.29, 0.717) is 11.6 Å². The molecule has 1 aromatic rings. The lowest BCUT2D eigenvalue weighted by molar-refractivity contribution is -0.121. The first-order chi connectivity index (χ1) is 7.74. The molecule has 0 aromatic heterocycles. The fourth-order valence-corrected chi connectivity index (χ4v) is 2.96. The Morgan fingerprint density at radius 3 is 3.00 bits per heavy atom. The van der Waals surface area contributed by atoms with Gasteiger partial charge in [-0.3, -0.25) is 4.79 Å². The fraction of sp³-hybridized carbons (Fsp3) is 0.417. The number of benzene rings is 1. The monoisotopic (exact) mass is 236 g/mol. The van der Waals surface area contributed by atoms with E-state index in [1.165, 1.54) is 0 Å². The zero-order chi connectivity index (χ0) is 11.2. The summed E-state index contributed by atoms with van der Waals surface area (Å²) in [4.78, 5) is 12.2. The molecular formula is C12H13ClN2O. The van der Waals surface area contributed by atoms with Crippen LogP contribution in [0.1, 0.15) is 18.4 Å².